The minimum atomic E-state index is -0.867. The van der Waals surface area contributed by atoms with E-state index in [9.17, 15) is 8.78 Å². The third-order valence-electron chi connectivity index (χ3n) is 2.18. The van der Waals surface area contributed by atoms with Gasteiger partial charge >= 0.3 is 0 Å². The molecule has 1 aromatic heterocycles. The largest absolute Gasteiger partial charge is 0.342 e. The number of benzene rings is 1. The number of aromatic amines is 1. The van der Waals surface area contributed by atoms with Crippen LogP contribution in [0, 0.1) is 11.6 Å². The third-order valence-corrected chi connectivity index (χ3v) is 2.18. The molecule has 0 spiro atoms. The van der Waals surface area contributed by atoms with Crippen LogP contribution in [0.1, 0.15) is 5.82 Å². The summed E-state index contributed by atoms with van der Waals surface area (Å²) in [6.45, 7) is 0.769. The Balaban J connectivity index is 2.38. The highest BCUT2D eigenvalue weighted by Crippen LogP contribution is 2.16. The summed E-state index contributed by atoms with van der Waals surface area (Å²) >= 11 is 0. The predicted molar refractivity (Wildman–Crippen MR) is 53.6 cm³/mol. The van der Waals surface area contributed by atoms with Crippen LogP contribution in [0.5, 0.6) is 0 Å². The van der Waals surface area contributed by atoms with Crippen LogP contribution in [-0.2, 0) is 6.42 Å². The van der Waals surface area contributed by atoms with E-state index in [2.05, 4.69) is 15.3 Å². The minimum absolute atomic E-state index is 0.458. The van der Waals surface area contributed by atoms with Crippen molar-refractivity contribution in [2.45, 2.75) is 6.42 Å². The molecule has 2 aromatic rings. The molecule has 0 amide bonds. The van der Waals surface area contributed by atoms with Crippen molar-refractivity contribution in [2.24, 2.45) is 0 Å². The van der Waals surface area contributed by atoms with E-state index >= 15 is 0 Å². The zero-order valence-corrected chi connectivity index (χ0v) is 8.27. The number of nitrogens with zero attached hydrogens (tertiary/aromatic N) is 1. The molecule has 15 heavy (non-hydrogen) atoms. The summed E-state index contributed by atoms with van der Waals surface area (Å²) in [4.78, 5) is 7.09. The average molecular weight is 211 g/mol. The number of rotatable bonds is 3. The zero-order valence-electron chi connectivity index (χ0n) is 8.27. The summed E-state index contributed by atoms with van der Waals surface area (Å²) in [5, 5.41) is 2.98. The van der Waals surface area contributed by atoms with Gasteiger partial charge in [0, 0.05) is 25.1 Å². The normalized spacial score (nSPS) is 11.1. The second-order valence-corrected chi connectivity index (χ2v) is 3.32. The molecule has 0 aliphatic carbocycles. The first kappa shape index (κ1) is 10.0. The van der Waals surface area contributed by atoms with E-state index in [1.807, 2.05) is 7.05 Å². The third kappa shape index (κ3) is 1.97. The number of likely N-dealkylation sites (N-methyl/N-ethyl adjacent to an activating group) is 1. The first-order chi connectivity index (χ1) is 7.20. The fraction of sp³-hybridized carbons (Fsp3) is 0.300. The van der Waals surface area contributed by atoms with E-state index in [1.165, 1.54) is 0 Å². The molecule has 0 aliphatic rings. The molecule has 5 heteroatoms. The number of hydrogen-bond acceptors (Lipinski definition) is 2. The summed E-state index contributed by atoms with van der Waals surface area (Å²) in [7, 11) is 1.84. The van der Waals surface area contributed by atoms with Gasteiger partial charge in [-0.1, -0.05) is 0 Å². The highest BCUT2D eigenvalue weighted by molar-refractivity contribution is 5.75. The molecule has 0 saturated heterocycles. The van der Waals surface area contributed by atoms with Crippen LogP contribution in [-0.4, -0.2) is 23.6 Å². The Morgan fingerprint density at radius 2 is 2.07 bits per heavy atom. The van der Waals surface area contributed by atoms with E-state index < -0.39 is 11.6 Å². The van der Waals surface area contributed by atoms with Gasteiger partial charge in [0.1, 0.15) is 5.82 Å². The maximum atomic E-state index is 12.9. The molecule has 2 N–H and O–H groups in total. The van der Waals surface area contributed by atoms with Gasteiger partial charge in [-0.15, -0.1) is 0 Å². The molecule has 0 bridgehead atoms. The molecule has 3 nitrogen and oxygen atoms in total. The summed E-state index contributed by atoms with van der Waals surface area (Å²) < 4.78 is 25.7. The van der Waals surface area contributed by atoms with Crippen LogP contribution in [0.3, 0.4) is 0 Å². The lowest BCUT2D eigenvalue weighted by molar-refractivity contribution is 0.510. The Hall–Kier alpha value is -1.49. The Morgan fingerprint density at radius 3 is 2.80 bits per heavy atom. The number of imidazole rings is 1. The van der Waals surface area contributed by atoms with Gasteiger partial charge in [0.15, 0.2) is 11.6 Å². The molecule has 1 aromatic carbocycles. The lowest BCUT2D eigenvalue weighted by Gasteiger charge is -1.93. The van der Waals surface area contributed by atoms with Crippen molar-refractivity contribution < 1.29 is 8.78 Å². The monoisotopic (exact) mass is 211 g/mol. The van der Waals surface area contributed by atoms with E-state index in [-0.39, 0.29) is 0 Å². The van der Waals surface area contributed by atoms with Crippen molar-refractivity contribution in [2.75, 3.05) is 13.6 Å². The number of hydrogen-bond donors (Lipinski definition) is 2. The molecule has 0 saturated carbocycles. The quantitative estimate of drug-likeness (QED) is 0.809. The minimum Gasteiger partial charge on any atom is -0.342 e. The van der Waals surface area contributed by atoms with Gasteiger partial charge in [-0.25, -0.2) is 13.8 Å². The SMILES string of the molecule is CNCCc1nc2cc(F)c(F)cc2[nH]1. The molecule has 0 fully saturated rings. The van der Waals surface area contributed by atoms with Crippen molar-refractivity contribution in [1.82, 2.24) is 15.3 Å². The van der Waals surface area contributed by atoms with Crippen molar-refractivity contribution in [3.63, 3.8) is 0 Å². The summed E-state index contributed by atoms with van der Waals surface area (Å²) in [5.74, 6) is -0.996. The first-order valence-corrected chi connectivity index (χ1v) is 4.69. The van der Waals surface area contributed by atoms with E-state index in [1.54, 1.807) is 0 Å². The van der Waals surface area contributed by atoms with Crippen molar-refractivity contribution in [3.8, 4) is 0 Å². The van der Waals surface area contributed by atoms with E-state index in [0.717, 1.165) is 24.5 Å². The predicted octanol–water partition coefficient (Wildman–Crippen LogP) is 1.60. The van der Waals surface area contributed by atoms with Crippen molar-refractivity contribution in [3.05, 3.63) is 29.6 Å². The molecular weight excluding hydrogens is 200 g/mol. The van der Waals surface area contributed by atoms with Gasteiger partial charge < -0.3 is 10.3 Å². The molecular formula is C10H11F2N3. The first-order valence-electron chi connectivity index (χ1n) is 4.69. The average Bonchev–Trinajstić information content (AvgIpc) is 2.58. The molecule has 2 rings (SSSR count). The van der Waals surface area contributed by atoms with Gasteiger partial charge in [0.25, 0.3) is 0 Å². The fourth-order valence-corrected chi connectivity index (χ4v) is 1.42. The zero-order chi connectivity index (χ0) is 10.8. The lowest BCUT2D eigenvalue weighted by Crippen LogP contribution is -2.10. The molecule has 1 heterocycles. The van der Waals surface area contributed by atoms with Crippen LogP contribution in [0.25, 0.3) is 11.0 Å². The summed E-state index contributed by atoms with van der Waals surface area (Å²) in [5.41, 5.74) is 0.986. The van der Waals surface area contributed by atoms with Crippen molar-refractivity contribution >= 4 is 11.0 Å². The standard InChI is InChI=1S/C10H11F2N3/c1-13-3-2-10-14-8-4-6(11)7(12)5-9(8)15-10/h4-5,13H,2-3H2,1H3,(H,14,15). The molecule has 0 unspecified atom stereocenters. The molecule has 0 aliphatic heterocycles. The maximum Gasteiger partial charge on any atom is 0.161 e. The fourth-order valence-electron chi connectivity index (χ4n) is 1.42. The van der Waals surface area contributed by atoms with Gasteiger partial charge in [-0.05, 0) is 7.05 Å². The smallest absolute Gasteiger partial charge is 0.161 e. The molecule has 80 valence electrons. The Morgan fingerprint density at radius 1 is 1.33 bits per heavy atom. The summed E-state index contributed by atoms with van der Waals surface area (Å²) in [6, 6.07) is 2.23. The lowest BCUT2D eigenvalue weighted by atomic mass is 10.3. The number of H-pyrrole nitrogens is 1. The number of aromatic nitrogens is 2. The highest BCUT2D eigenvalue weighted by Gasteiger charge is 2.07. The van der Waals surface area contributed by atoms with E-state index in [0.29, 0.717) is 17.5 Å². The second-order valence-electron chi connectivity index (χ2n) is 3.32. The molecule has 0 atom stereocenters. The molecule has 0 radical (unpaired) electrons. The van der Waals surface area contributed by atoms with Crippen LogP contribution in [0.2, 0.25) is 0 Å². The second kappa shape index (κ2) is 3.94. The number of halogens is 2. The maximum absolute atomic E-state index is 12.9. The Bertz CT molecular complexity index is 440. The van der Waals surface area contributed by atoms with Gasteiger partial charge in [0.05, 0.1) is 11.0 Å². The number of fused-ring (bicyclic) bond motifs is 1. The van der Waals surface area contributed by atoms with E-state index in [4.69, 9.17) is 0 Å². The van der Waals surface area contributed by atoms with Gasteiger partial charge in [0.2, 0.25) is 0 Å². The van der Waals surface area contributed by atoms with Gasteiger partial charge in [-0.2, -0.15) is 0 Å². The van der Waals surface area contributed by atoms with Crippen LogP contribution >= 0.6 is 0 Å². The van der Waals surface area contributed by atoms with Gasteiger partial charge in [-0.3, -0.25) is 0 Å². The topological polar surface area (TPSA) is 40.7 Å². The van der Waals surface area contributed by atoms with Crippen LogP contribution in [0.4, 0.5) is 8.78 Å². The Kier molecular flexibility index (Phi) is 2.64. The van der Waals surface area contributed by atoms with Crippen LogP contribution in [0.15, 0.2) is 12.1 Å². The van der Waals surface area contributed by atoms with Crippen LogP contribution < -0.4 is 5.32 Å². The van der Waals surface area contributed by atoms with Crippen molar-refractivity contribution in [1.29, 1.82) is 0 Å². The Labute approximate surface area is 85.5 Å². The highest BCUT2D eigenvalue weighted by atomic mass is 19.2. The number of nitrogens with one attached hydrogen (secondary N) is 2. The summed E-state index contributed by atoms with van der Waals surface area (Å²) in [6.07, 6.45) is 0.703.